The van der Waals surface area contributed by atoms with Crippen molar-refractivity contribution in [2.24, 2.45) is 0 Å². The van der Waals surface area contributed by atoms with E-state index in [0.717, 1.165) is 87.4 Å². The van der Waals surface area contributed by atoms with Crippen LogP contribution in [-0.4, -0.2) is 39.9 Å². The number of nitrogens with zero attached hydrogens (tertiary/aromatic N) is 8. The number of aromatic nitrogens is 8. The van der Waals surface area contributed by atoms with Gasteiger partial charge in [0.15, 0.2) is 0 Å². The molecule has 0 atom stereocenters. The summed E-state index contributed by atoms with van der Waals surface area (Å²) in [6.45, 7) is 0. The van der Waals surface area contributed by atoms with Gasteiger partial charge in [0.25, 0.3) is 0 Å². The van der Waals surface area contributed by atoms with E-state index in [-0.39, 0.29) is 19.5 Å². The van der Waals surface area contributed by atoms with Crippen LogP contribution in [0.15, 0.2) is 159 Å². The van der Waals surface area contributed by atoms with Gasteiger partial charge in [-0.25, -0.2) is 9.97 Å². The first-order valence-corrected chi connectivity index (χ1v) is 16.2. The zero-order chi connectivity index (χ0) is 33.3. The second kappa shape index (κ2) is 13.8. The second-order valence-corrected chi connectivity index (χ2v) is 11.7. The molecule has 0 unspecified atom stereocenters. The Morgan fingerprint density at radius 3 is 1.18 bits per heavy atom. The molecule has 8 nitrogen and oxygen atoms in total. The number of fused-ring (bicyclic) bond motifs is 13. The number of pyridine rings is 6. The molecule has 7 aromatic heterocycles. The fourth-order valence-corrected chi connectivity index (χ4v) is 6.34. The number of para-hydroxylation sites is 2. The Morgan fingerprint density at radius 1 is 0.294 bits per heavy atom. The average Bonchev–Trinajstić information content (AvgIpc) is 3.21. The number of rotatable bonds is 0. The van der Waals surface area contributed by atoms with Crippen molar-refractivity contribution in [1.82, 2.24) is 39.9 Å². The van der Waals surface area contributed by atoms with Gasteiger partial charge in [0.05, 0.1) is 49.7 Å². The third-order valence-corrected chi connectivity index (χ3v) is 8.65. The normalized spacial score (nSPS) is 11.0. The van der Waals surface area contributed by atoms with Gasteiger partial charge in [0.1, 0.15) is 0 Å². The summed E-state index contributed by atoms with van der Waals surface area (Å²) >= 11 is 0. The molecular formula is C42H26N8Ru+2. The third kappa shape index (κ3) is 5.94. The van der Waals surface area contributed by atoms with Gasteiger partial charge in [-0.3, -0.25) is 29.9 Å². The van der Waals surface area contributed by atoms with Gasteiger partial charge in [-0.15, -0.1) is 0 Å². The predicted octanol–water partition coefficient (Wildman–Crippen LogP) is 9.44. The summed E-state index contributed by atoms with van der Waals surface area (Å²) in [6.07, 6.45) is 12.6. The van der Waals surface area contributed by atoms with Crippen molar-refractivity contribution in [2.75, 3.05) is 0 Å². The summed E-state index contributed by atoms with van der Waals surface area (Å²) in [5.41, 5.74) is 8.41. The summed E-state index contributed by atoms with van der Waals surface area (Å²) < 4.78 is 0. The van der Waals surface area contributed by atoms with E-state index in [4.69, 9.17) is 9.97 Å². The second-order valence-electron chi connectivity index (χ2n) is 11.7. The molecule has 0 saturated carbocycles. The molecule has 0 aliphatic rings. The van der Waals surface area contributed by atoms with Crippen molar-refractivity contribution in [3.8, 4) is 0 Å². The van der Waals surface area contributed by atoms with Crippen molar-refractivity contribution in [1.29, 1.82) is 0 Å². The summed E-state index contributed by atoms with van der Waals surface area (Å²) in [4.78, 5) is 35.8. The zero-order valence-corrected chi connectivity index (χ0v) is 28.7. The molecule has 0 fully saturated rings. The fourth-order valence-electron chi connectivity index (χ4n) is 6.34. The van der Waals surface area contributed by atoms with Crippen LogP contribution in [0, 0.1) is 0 Å². The van der Waals surface area contributed by atoms with Crippen molar-refractivity contribution in [2.45, 2.75) is 0 Å². The van der Waals surface area contributed by atoms with E-state index < -0.39 is 0 Å². The van der Waals surface area contributed by atoms with Crippen LogP contribution in [0.2, 0.25) is 0 Å². The first-order chi connectivity index (χ1) is 24.8. The minimum Gasteiger partial charge on any atom is -0.264 e. The van der Waals surface area contributed by atoms with Crippen molar-refractivity contribution in [3.63, 3.8) is 0 Å². The minimum atomic E-state index is 0. The number of hydrogen-bond donors (Lipinski definition) is 0. The molecule has 0 radical (unpaired) electrons. The van der Waals surface area contributed by atoms with Crippen LogP contribution >= 0.6 is 0 Å². The molecule has 0 spiro atoms. The van der Waals surface area contributed by atoms with Gasteiger partial charge in [0, 0.05) is 81.1 Å². The number of hydrogen-bond acceptors (Lipinski definition) is 8. The van der Waals surface area contributed by atoms with E-state index in [1.165, 1.54) is 0 Å². The molecule has 0 aliphatic heterocycles. The Labute approximate surface area is 304 Å². The van der Waals surface area contributed by atoms with Crippen LogP contribution < -0.4 is 0 Å². The zero-order valence-electron chi connectivity index (χ0n) is 26.9. The van der Waals surface area contributed by atoms with Crippen molar-refractivity contribution >= 4 is 87.4 Å². The van der Waals surface area contributed by atoms with Crippen LogP contribution in [0.3, 0.4) is 0 Å². The van der Waals surface area contributed by atoms with Gasteiger partial charge < -0.3 is 0 Å². The first kappa shape index (κ1) is 31.8. The predicted molar refractivity (Wildman–Crippen MR) is 202 cm³/mol. The Balaban J connectivity index is 0.000000114. The molecule has 0 aliphatic carbocycles. The largest absolute Gasteiger partial charge is 2.00 e. The summed E-state index contributed by atoms with van der Waals surface area (Å²) in [5, 5.41) is 7.61. The third-order valence-electron chi connectivity index (χ3n) is 8.65. The Bertz CT molecular complexity index is 2710. The van der Waals surface area contributed by atoms with Crippen LogP contribution in [-0.2, 0) is 19.5 Å². The van der Waals surface area contributed by atoms with Crippen molar-refractivity contribution < 1.29 is 19.5 Å². The molecule has 51 heavy (non-hydrogen) atoms. The Hall–Kier alpha value is -6.44. The molecular weight excluding hydrogens is 718 g/mol. The molecule has 240 valence electrons. The topological polar surface area (TPSA) is 103 Å². The smallest absolute Gasteiger partial charge is 0.264 e. The Kier molecular flexibility index (Phi) is 8.62. The standard InChI is InChI=1S/C18H10N4.2C12H8N2.Ru/c1-2-6-15-14(5-1)21-17-11-7-9-19-10-13(11)16-12(18(17)22-15)4-3-8-20-16;2*1-3-9-5-6-10-4-2-8-14-12(10)11(9)13-7-1;/h1-10H;2*1-8H;/q;;;+2. The maximum Gasteiger partial charge on any atom is 2.00 e. The van der Waals surface area contributed by atoms with E-state index in [1.807, 2.05) is 72.9 Å². The summed E-state index contributed by atoms with van der Waals surface area (Å²) in [6, 6.07) is 38.2. The van der Waals surface area contributed by atoms with Crippen LogP contribution in [0.25, 0.3) is 87.4 Å². The maximum atomic E-state index is 4.84. The van der Waals surface area contributed by atoms with E-state index in [0.29, 0.717) is 0 Å². The van der Waals surface area contributed by atoms with Gasteiger partial charge in [-0.2, -0.15) is 0 Å². The average molecular weight is 744 g/mol. The molecule has 11 aromatic rings. The molecule has 0 amide bonds. The maximum absolute atomic E-state index is 4.84. The summed E-state index contributed by atoms with van der Waals surface area (Å²) in [7, 11) is 0. The van der Waals surface area contributed by atoms with Crippen LogP contribution in [0.5, 0.6) is 0 Å². The van der Waals surface area contributed by atoms with Gasteiger partial charge in [0.2, 0.25) is 0 Å². The van der Waals surface area contributed by atoms with E-state index in [9.17, 15) is 0 Å². The molecule has 0 N–H and O–H groups in total. The van der Waals surface area contributed by atoms with Crippen molar-refractivity contribution in [3.05, 3.63) is 159 Å². The van der Waals surface area contributed by atoms with Gasteiger partial charge >= 0.3 is 19.5 Å². The monoisotopic (exact) mass is 744 g/mol. The first-order valence-electron chi connectivity index (χ1n) is 16.2. The van der Waals surface area contributed by atoms with Crippen LogP contribution in [0.4, 0.5) is 0 Å². The van der Waals surface area contributed by atoms with Crippen LogP contribution in [0.1, 0.15) is 0 Å². The minimum absolute atomic E-state index is 0. The van der Waals surface area contributed by atoms with Gasteiger partial charge in [-0.05, 0) is 54.6 Å². The SMILES string of the molecule is [Ru+2].c1ccc2nc3c4cccnc4c4cnccc4c3nc2c1.c1cnc2c(c1)ccc1cccnc12.c1cnc2c(c1)ccc1cccnc12. The quantitative estimate of drug-likeness (QED) is 0.0860. The number of benzene rings is 4. The molecule has 9 heteroatoms. The fraction of sp³-hybridized carbons (Fsp3) is 0. The Morgan fingerprint density at radius 2 is 0.706 bits per heavy atom. The van der Waals surface area contributed by atoms with E-state index in [1.54, 1.807) is 37.2 Å². The molecule has 11 rings (SSSR count). The molecule has 0 saturated heterocycles. The summed E-state index contributed by atoms with van der Waals surface area (Å²) in [5.74, 6) is 0. The molecule has 7 heterocycles. The van der Waals surface area contributed by atoms with E-state index in [2.05, 4.69) is 78.4 Å². The molecule has 4 aromatic carbocycles. The van der Waals surface area contributed by atoms with Gasteiger partial charge in [-0.1, -0.05) is 60.7 Å². The molecule has 0 bridgehead atoms. The van der Waals surface area contributed by atoms with E-state index >= 15 is 0 Å².